The maximum absolute atomic E-state index is 3.64. The summed E-state index contributed by atoms with van der Waals surface area (Å²) in [6.45, 7) is 5.95. The molecule has 2 N–H and O–H groups in total. The van der Waals surface area contributed by atoms with Crippen LogP contribution in [0.25, 0.3) is 0 Å². The highest BCUT2D eigenvalue weighted by atomic mass is 14.9. The Morgan fingerprint density at radius 1 is 1.70 bits per heavy atom. The van der Waals surface area contributed by atoms with Crippen LogP contribution in [-0.2, 0) is 0 Å². The summed E-state index contributed by atoms with van der Waals surface area (Å²) in [7, 11) is 0. The molecule has 1 rings (SSSR count). The maximum Gasteiger partial charge on any atom is 0.309 e. The summed E-state index contributed by atoms with van der Waals surface area (Å²) in [4.78, 5) is 0. The topological polar surface area (TPSA) is 24.1 Å². The molecule has 0 aromatic rings. The van der Waals surface area contributed by atoms with Gasteiger partial charge in [0.05, 0.1) is 0 Å². The van der Waals surface area contributed by atoms with Crippen molar-refractivity contribution in [2.75, 3.05) is 13.1 Å². The van der Waals surface area contributed by atoms with Gasteiger partial charge in [-0.05, 0) is 6.32 Å². The Labute approximate surface area is 62.5 Å². The summed E-state index contributed by atoms with van der Waals surface area (Å²) in [6.07, 6.45) is 7.29. The van der Waals surface area contributed by atoms with Gasteiger partial charge in [-0.15, -0.1) is 6.58 Å². The Morgan fingerprint density at radius 3 is 3.20 bits per heavy atom. The van der Waals surface area contributed by atoms with Crippen LogP contribution in [0.2, 0.25) is 6.32 Å². The molecule has 2 nitrogen and oxygen atoms in total. The molecule has 0 unspecified atom stereocenters. The molecular weight excluding hydrogens is 123 g/mol. The molecule has 0 spiro atoms. The third kappa shape index (κ3) is 2.37. The number of rotatable bonds is 3. The van der Waals surface area contributed by atoms with Crippen molar-refractivity contribution in [3.63, 3.8) is 0 Å². The Hall–Kier alpha value is -0.535. The van der Waals surface area contributed by atoms with E-state index in [0.29, 0.717) is 6.98 Å². The lowest BCUT2D eigenvalue weighted by Gasteiger charge is -2.15. The maximum atomic E-state index is 3.64. The molecule has 3 heteroatoms. The van der Waals surface area contributed by atoms with Crippen LogP contribution in [0, 0.1) is 0 Å². The SMILES string of the molecule is C=CCNB1CC=CCN1. The van der Waals surface area contributed by atoms with E-state index in [1.807, 2.05) is 6.08 Å². The second kappa shape index (κ2) is 4.31. The molecule has 0 aromatic carbocycles. The number of allylic oxidation sites excluding steroid dienone is 1. The van der Waals surface area contributed by atoms with E-state index in [2.05, 4.69) is 29.2 Å². The fourth-order valence-corrected chi connectivity index (χ4v) is 0.990. The van der Waals surface area contributed by atoms with Crippen LogP contribution in [0.5, 0.6) is 0 Å². The van der Waals surface area contributed by atoms with Crippen LogP contribution in [0.1, 0.15) is 0 Å². The van der Waals surface area contributed by atoms with Gasteiger partial charge in [-0.1, -0.05) is 18.2 Å². The van der Waals surface area contributed by atoms with Crippen molar-refractivity contribution in [2.24, 2.45) is 0 Å². The van der Waals surface area contributed by atoms with E-state index in [1.165, 1.54) is 0 Å². The van der Waals surface area contributed by atoms with E-state index in [9.17, 15) is 0 Å². The number of hydrogen-bond donors (Lipinski definition) is 2. The molecule has 0 saturated carbocycles. The minimum atomic E-state index is 0.447. The molecule has 1 aliphatic rings. The molecule has 0 fully saturated rings. The lowest BCUT2D eigenvalue weighted by Crippen LogP contribution is -2.48. The lowest BCUT2D eigenvalue weighted by molar-refractivity contribution is 0.934. The fourth-order valence-electron chi connectivity index (χ4n) is 0.990. The standard InChI is InChI=1S/C7H13BN2/c1-2-6-9-8-5-3-4-7-10-8/h2-4,9-10H,1,5-7H2. The van der Waals surface area contributed by atoms with Crippen LogP contribution >= 0.6 is 0 Å². The summed E-state index contributed by atoms with van der Waals surface area (Å²) in [5.41, 5.74) is 0. The average Bonchev–Trinajstić information content (AvgIpc) is 2.03. The summed E-state index contributed by atoms with van der Waals surface area (Å²) >= 11 is 0. The first-order valence-electron chi connectivity index (χ1n) is 3.66. The fraction of sp³-hybridized carbons (Fsp3) is 0.429. The quantitative estimate of drug-likeness (QED) is 0.433. The molecule has 0 aromatic heterocycles. The van der Waals surface area contributed by atoms with Crippen LogP contribution in [0.4, 0.5) is 0 Å². The minimum Gasteiger partial charge on any atom is -0.339 e. The van der Waals surface area contributed by atoms with Gasteiger partial charge in [-0.3, -0.25) is 0 Å². The molecule has 0 bridgehead atoms. The Morgan fingerprint density at radius 2 is 2.60 bits per heavy atom. The molecule has 1 heterocycles. The van der Waals surface area contributed by atoms with Gasteiger partial charge in [0, 0.05) is 13.1 Å². The van der Waals surface area contributed by atoms with E-state index in [4.69, 9.17) is 0 Å². The van der Waals surface area contributed by atoms with Gasteiger partial charge < -0.3 is 10.5 Å². The van der Waals surface area contributed by atoms with Crippen LogP contribution in [0.15, 0.2) is 24.8 Å². The van der Waals surface area contributed by atoms with E-state index in [0.717, 1.165) is 19.4 Å². The predicted molar refractivity (Wildman–Crippen MR) is 45.9 cm³/mol. The Kier molecular flexibility index (Phi) is 3.26. The first-order chi connectivity index (χ1) is 4.93. The van der Waals surface area contributed by atoms with Gasteiger partial charge in [0.25, 0.3) is 0 Å². The zero-order valence-electron chi connectivity index (χ0n) is 6.14. The highest BCUT2D eigenvalue weighted by Gasteiger charge is 2.11. The minimum absolute atomic E-state index is 0.447. The van der Waals surface area contributed by atoms with Gasteiger partial charge in [-0.25, -0.2) is 0 Å². The normalized spacial score (nSPS) is 17.4. The molecule has 54 valence electrons. The number of hydrogen-bond acceptors (Lipinski definition) is 2. The highest BCUT2D eigenvalue weighted by Crippen LogP contribution is 1.92. The molecule has 0 radical (unpaired) electrons. The molecule has 10 heavy (non-hydrogen) atoms. The monoisotopic (exact) mass is 136 g/mol. The third-order valence-electron chi connectivity index (χ3n) is 1.53. The molecule has 0 atom stereocenters. The molecule has 0 amide bonds. The molecule has 1 aliphatic heterocycles. The molecule has 0 saturated heterocycles. The summed E-state index contributed by atoms with van der Waals surface area (Å²) < 4.78 is 0. The smallest absolute Gasteiger partial charge is 0.309 e. The van der Waals surface area contributed by atoms with E-state index >= 15 is 0 Å². The summed E-state index contributed by atoms with van der Waals surface area (Å²) in [5.74, 6) is 0. The van der Waals surface area contributed by atoms with E-state index < -0.39 is 0 Å². The molecular formula is C7H13BN2. The van der Waals surface area contributed by atoms with Crippen molar-refractivity contribution < 1.29 is 0 Å². The lowest BCUT2D eigenvalue weighted by atomic mass is 9.71. The first-order valence-corrected chi connectivity index (χ1v) is 3.66. The van der Waals surface area contributed by atoms with Crippen molar-refractivity contribution in [1.29, 1.82) is 0 Å². The first kappa shape index (κ1) is 7.57. The van der Waals surface area contributed by atoms with Gasteiger partial charge in [0.15, 0.2) is 0 Å². The Bertz CT molecular complexity index is 134. The van der Waals surface area contributed by atoms with Crippen molar-refractivity contribution in [3.05, 3.63) is 24.8 Å². The van der Waals surface area contributed by atoms with Crippen LogP contribution < -0.4 is 10.5 Å². The predicted octanol–water partition coefficient (Wildman–Crippen LogP) is 0.410. The second-order valence-electron chi connectivity index (χ2n) is 2.36. The van der Waals surface area contributed by atoms with Crippen molar-refractivity contribution in [2.45, 2.75) is 6.32 Å². The van der Waals surface area contributed by atoms with Gasteiger partial charge >= 0.3 is 6.98 Å². The zero-order valence-corrected chi connectivity index (χ0v) is 6.14. The van der Waals surface area contributed by atoms with E-state index in [1.54, 1.807) is 0 Å². The van der Waals surface area contributed by atoms with Crippen LogP contribution in [0.3, 0.4) is 0 Å². The highest BCUT2D eigenvalue weighted by molar-refractivity contribution is 6.54. The zero-order chi connectivity index (χ0) is 7.23. The van der Waals surface area contributed by atoms with Gasteiger partial charge in [0.2, 0.25) is 0 Å². The average molecular weight is 136 g/mol. The summed E-state index contributed by atoms with van der Waals surface area (Å²) in [6, 6.07) is 0. The largest absolute Gasteiger partial charge is 0.339 e. The van der Waals surface area contributed by atoms with Crippen molar-refractivity contribution >= 4 is 6.98 Å². The van der Waals surface area contributed by atoms with Crippen molar-refractivity contribution in [3.8, 4) is 0 Å². The third-order valence-corrected chi connectivity index (χ3v) is 1.53. The van der Waals surface area contributed by atoms with Crippen LogP contribution in [-0.4, -0.2) is 20.1 Å². The van der Waals surface area contributed by atoms with Gasteiger partial charge in [0.1, 0.15) is 0 Å². The number of nitrogens with one attached hydrogen (secondary N) is 2. The molecule has 0 aliphatic carbocycles. The van der Waals surface area contributed by atoms with Gasteiger partial charge in [-0.2, -0.15) is 0 Å². The summed E-state index contributed by atoms with van der Waals surface area (Å²) in [5, 5.41) is 6.60. The van der Waals surface area contributed by atoms with Crippen molar-refractivity contribution in [1.82, 2.24) is 10.5 Å². The van der Waals surface area contributed by atoms with E-state index in [-0.39, 0.29) is 0 Å². The Balaban J connectivity index is 2.15. The second-order valence-corrected chi connectivity index (χ2v) is 2.36.